The summed E-state index contributed by atoms with van der Waals surface area (Å²) in [5, 5.41) is 12.4. The predicted molar refractivity (Wildman–Crippen MR) is 150 cm³/mol. The number of benzene rings is 4. The fraction of sp³-hybridized carbons (Fsp3) is 0.188. The first-order valence-corrected chi connectivity index (χ1v) is 13.5. The van der Waals surface area contributed by atoms with Crippen LogP contribution in [0.1, 0.15) is 46.7 Å². The molecule has 4 aromatic rings. The first-order chi connectivity index (χ1) is 18.9. The second-order valence-corrected chi connectivity index (χ2v) is 10.2. The van der Waals surface area contributed by atoms with Gasteiger partial charge in [-0.15, -0.1) is 0 Å². The second kappa shape index (κ2) is 13.7. The summed E-state index contributed by atoms with van der Waals surface area (Å²) < 4.78 is 11.5. The van der Waals surface area contributed by atoms with E-state index in [1.54, 1.807) is 36.4 Å². The quantitative estimate of drug-likeness (QED) is 0.217. The Bertz CT molecular complexity index is 1500. The van der Waals surface area contributed by atoms with E-state index in [9.17, 15) is 14.7 Å². The van der Waals surface area contributed by atoms with Crippen LogP contribution in [-0.2, 0) is 11.2 Å². The van der Waals surface area contributed by atoms with Crippen molar-refractivity contribution in [2.75, 3.05) is 6.61 Å². The van der Waals surface area contributed by atoms with Gasteiger partial charge >= 0.3 is 29.6 Å². The number of halogens is 2. The van der Waals surface area contributed by atoms with Gasteiger partial charge < -0.3 is 19.4 Å². The van der Waals surface area contributed by atoms with Gasteiger partial charge in [-0.25, -0.2) is 0 Å². The van der Waals surface area contributed by atoms with Gasteiger partial charge in [0.05, 0.1) is 11.6 Å². The fourth-order valence-electron chi connectivity index (χ4n) is 4.69. The van der Waals surface area contributed by atoms with E-state index < -0.39 is 11.9 Å². The molecule has 0 radical (unpaired) electrons. The van der Waals surface area contributed by atoms with Gasteiger partial charge in [-0.05, 0) is 66.8 Å². The Morgan fingerprint density at radius 2 is 1.65 bits per heavy atom. The van der Waals surface area contributed by atoms with Crippen LogP contribution in [0.15, 0.2) is 84.9 Å². The first-order valence-electron chi connectivity index (χ1n) is 12.7. The second-order valence-electron chi connectivity index (χ2n) is 9.41. The molecule has 0 amide bonds. The molecule has 0 N–H and O–H groups in total. The van der Waals surface area contributed by atoms with E-state index in [0.717, 1.165) is 29.0 Å². The molecule has 0 aromatic heterocycles. The summed E-state index contributed by atoms with van der Waals surface area (Å²) >= 11 is 12.7. The van der Waals surface area contributed by atoms with Crippen molar-refractivity contribution in [3.63, 3.8) is 0 Å². The van der Waals surface area contributed by atoms with Gasteiger partial charge in [0.1, 0.15) is 17.2 Å². The number of carboxylic acids is 1. The molecule has 0 saturated carbocycles. The molecule has 0 saturated heterocycles. The van der Waals surface area contributed by atoms with Crippen LogP contribution in [0.4, 0.5) is 0 Å². The topological polar surface area (TPSA) is 75.7 Å². The zero-order valence-corrected chi connectivity index (χ0v) is 25.5. The number of carboxylic acid groups (broad SMARTS) is 1. The molecular formula is C32H25Cl2NaO5. The maximum atomic E-state index is 12.7. The summed E-state index contributed by atoms with van der Waals surface area (Å²) in [6, 6.07) is 26.0. The molecule has 0 bridgehead atoms. The van der Waals surface area contributed by atoms with E-state index in [1.807, 2.05) is 24.3 Å². The Balaban J connectivity index is 0.00000370. The summed E-state index contributed by atoms with van der Waals surface area (Å²) in [7, 11) is 0. The molecule has 8 heteroatoms. The van der Waals surface area contributed by atoms with Gasteiger partial charge in [0.25, 0.3) is 0 Å². The molecular weight excluding hydrogens is 558 g/mol. The third-order valence-corrected chi connectivity index (χ3v) is 7.43. The van der Waals surface area contributed by atoms with E-state index >= 15 is 0 Å². The van der Waals surface area contributed by atoms with Crippen LogP contribution in [0.3, 0.4) is 0 Å². The van der Waals surface area contributed by atoms with Crippen molar-refractivity contribution >= 4 is 35.0 Å². The summed E-state index contributed by atoms with van der Waals surface area (Å²) in [5.74, 6) is -0.606. The van der Waals surface area contributed by atoms with Gasteiger partial charge in [0, 0.05) is 46.1 Å². The zero-order valence-electron chi connectivity index (χ0n) is 22.0. The van der Waals surface area contributed by atoms with E-state index in [2.05, 4.69) is 24.3 Å². The average Bonchev–Trinajstić information content (AvgIpc) is 2.94. The molecule has 1 atom stereocenters. The smallest absolute Gasteiger partial charge is 0.549 e. The third kappa shape index (κ3) is 7.09. The van der Waals surface area contributed by atoms with Gasteiger partial charge in [0.2, 0.25) is 0 Å². The number of rotatable bonds is 9. The molecule has 1 unspecified atom stereocenters. The zero-order chi connectivity index (χ0) is 27.4. The number of aliphatic carboxylic acids is 1. The van der Waals surface area contributed by atoms with Crippen LogP contribution < -0.4 is 44.1 Å². The molecule has 5 rings (SSSR count). The summed E-state index contributed by atoms with van der Waals surface area (Å²) in [5.41, 5.74) is 4.32. The number of aryl methyl sites for hydroxylation is 1. The SMILES string of the molecule is O=C(CCCc1ccc(-c2ccccc2Cl)cc1)c1ccc(Oc2cc3c(cc2Cl)C(C(=O)[O-])CCO3)cc1.[Na+]. The van der Waals surface area contributed by atoms with Crippen molar-refractivity contribution in [1.82, 2.24) is 0 Å². The number of ether oxygens (including phenoxy) is 2. The van der Waals surface area contributed by atoms with Crippen molar-refractivity contribution in [2.24, 2.45) is 0 Å². The number of carbonyl (C=O) groups excluding carboxylic acids is 2. The van der Waals surface area contributed by atoms with Crippen LogP contribution in [0.2, 0.25) is 10.0 Å². The van der Waals surface area contributed by atoms with E-state index in [-0.39, 0.29) is 47.0 Å². The van der Waals surface area contributed by atoms with Crippen LogP contribution >= 0.6 is 23.2 Å². The molecule has 5 nitrogen and oxygen atoms in total. The molecule has 198 valence electrons. The number of carbonyl (C=O) groups is 2. The Labute approximate surface area is 265 Å². The Hall–Kier alpha value is -2.80. The molecule has 1 aliphatic rings. The summed E-state index contributed by atoms with van der Waals surface area (Å²) in [4.78, 5) is 24.2. The normalized spacial score (nSPS) is 13.9. The van der Waals surface area contributed by atoms with Crippen LogP contribution in [0.25, 0.3) is 11.1 Å². The minimum absolute atomic E-state index is 0. The van der Waals surface area contributed by atoms with Gasteiger partial charge in [-0.1, -0.05) is 65.7 Å². The summed E-state index contributed by atoms with van der Waals surface area (Å²) in [6.45, 7) is 0.275. The molecule has 40 heavy (non-hydrogen) atoms. The maximum Gasteiger partial charge on any atom is 1.00 e. The monoisotopic (exact) mass is 582 g/mol. The first kappa shape index (κ1) is 30.2. The predicted octanol–water partition coefficient (Wildman–Crippen LogP) is 4.28. The number of hydrogen-bond donors (Lipinski definition) is 0. The van der Waals surface area contributed by atoms with Crippen LogP contribution in [-0.4, -0.2) is 18.4 Å². The molecule has 0 aliphatic carbocycles. The molecule has 4 aromatic carbocycles. The number of fused-ring (bicyclic) bond motifs is 1. The Morgan fingerprint density at radius 1 is 0.925 bits per heavy atom. The molecule has 0 fully saturated rings. The van der Waals surface area contributed by atoms with E-state index in [0.29, 0.717) is 41.2 Å². The van der Waals surface area contributed by atoms with Gasteiger partial charge in [0.15, 0.2) is 5.78 Å². The van der Waals surface area contributed by atoms with Crippen molar-refractivity contribution in [3.05, 3.63) is 112 Å². The number of hydrogen-bond acceptors (Lipinski definition) is 5. The maximum absolute atomic E-state index is 12.7. The van der Waals surface area contributed by atoms with Crippen LogP contribution in [0.5, 0.6) is 17.2 Å². The summed E-state index contributed by atoms with van der Waals surface area (Å²) in [6.07, 6.45) is 2.30. The minimum Gasteiger partial charge on any atom is -0.549 e. The van der Waals surface area contributed by atoms with Crippen LogP contribution in [0, 0.1) is 0 Å². The molecule has 0 spiro atoms. The molecule has 1 aliphatic heterocycles. The average molecular weight is 583 g/mol. The van der Waals surface area contributed by atoms with Crippen molar-refractivity contribution in [3.8, 4) is 28.4 Å². The standard InChI is InChI=1S/C32H26Cl2O5.Na/c33-27-6-2-1-5-24(27)21-10-8-20(9-11-21)4-3-7-29(35)22-12-14-23(15-13-22)39-31-19-30-26(18-28(31)34)25(32(36)37)16-17-38-30;/h1-2,5-6,8-15,18-19,25H,3-4,7,16-17H2,(H,36,37);/q;+1/p-1. The Kier molecular flexibility index (Phi) is 10.3. The van der Waals surface area contributed by atoms with Crippen molar-refractivity contribution in [1.29, 1.82) is 0 Å². The third-order valence-electron chi connectivity index (χ3n) is 6.80. The van der Waals surface area contributed by atoms with E-state index in [4.69, 9.17) is 32.7 Å². The fourth-order valence-corrected chi connectivity index (χ4v) is 5.15. The minimum atomic E-state index is -1.16. The number of ketones is 1. The van der Waals surface area contributed by atoms with Gasteiger partial charge in [-0.2, -0.15) is 0 Å². The van der Waals surface area contributed by atoms with Crippen molar-refractivity contribution < 1.29 is 53.7 Å². The van der Waals surface area contributed by atoms with E-state index in [1.165, 1.54) is 5.56 Å². The van der Waals surface area contributed by atoms with Gasteiger partial charge in [-0.3, -0.25) is 4.79 Å². The largest absolute Gasteiger partial charge is 1.00 e. The van der Waals surface area contributed by atoms with Crippen molar-refractivity contribution in [2.45, 2.75) is 31.6 Å². The number of Topliss-reactive ketones (excluding diaryl/α,β-unsaturated/α-hetero) is 1. The Morgan fingerprint density at radius 3 is 2.35 bits per heavy atom. The molecule has 1 heterocycles.